The number of carbonyl (C=O) groups is 1. The van der Waals surface area contributed by atoms with Gasteiger partial charge in [-0.3, -0.25) is 19.8 Å². The molecule has 2 aromatic heterocycles. The van der Waals surface area contributed by atoms with Gasteiger partial charge in [0.25, 0.3) is 5.91 Å². The molecule has 0 saturated heterocycles. The van der Waals surface area contributed by atoms with Crippen molar-refractivity contribution in [3.8, 4) is 5.75 Å². The summed E-state index contributed by atoms with van der Waals surface area (Å²) in [4.78, 5) is 16.7. The van der Waals surface area contributed by atoms with Gasteiger partial charge in [0.15, 0.2) is 16.5 Å². The Morgan fingerprint density at radius 1 is 1.30 bits per heavy atom. The molecule has 0 bridgehead atoms. The van der Waals surface area contributed by atoms with Gasteiger partial charge in [-0.1, -0.05) is 36.4 Å². The SMILES string of the molecule is C=CCn1c(Cc2csc(NC(=O)COc3ccc4ccccc4c3)n2)n[nH]c1=S. The van der Waals surface area contributed by atoms with Crippen LogP contribution in [-0.4, -0.2) is 32.3 Å². The summed E-state index contributed by atoms with van der Waals surface area (Å²) < 4.78 is 8.02. The van der Waals surface area contributed by atoms with Crippen LogP contribution < -0.4 is 10.1 Å². The van der Waals surface area contributed by atoms with Crippen LogP contribution in [0, 0.1) is 4.77 Å². The van der Waals surface area contributed by atoms with E-state index in [4.69, 9.17) is 17.0 Å². The Bertz CT molecular complexity index is 1260. The van der Waals surface area contributed by atoms with Crippen LogP contribution in [0.3, 0.4) is 0 Å². The van der Waals surface area contributed by atoms with Gasteiger partial charge in [-0.2, -0.15) is 5.10 Å². The van der Waals surface area contributed by atoms with Gasteiger partial charge >= 0.3 is 0 Å². The number of aromatic nitrogens is 4. The van der Waals surface area contributed by atoms with Crippen LogP contribution in [-0.2, 0) is 17.8 Å². The first-order chi connectivity index (χ1) is 14.6. The molecule has 1 amide bonds. The third-order valence-corrected chi connectivity index (χ3v) is 5.50. The second-order valence-corrected chi connectivity index (χ2v) is 7.76. The highest BCUT2D eigenvalue weighted by Gasteiger charge is 2.11. The van der Waals surface area contributed by atoms with E-state index >= 15 is 0 Å². The third-order valence-electron chi connectivity index (χ3n) is 4.38. The van der Waals surface area contributed by atoms with Gasteiger partial charge in [0, 0.05) is 11.9 Å². The van der Waals surface area contributed by atoms with Crippen molar-refractivity contribution in [1.82, 2.24) is 19.7 Å². The highest BCUT2D eigenvalue weighted by Crippen LogP contribution is 2.21. The number of benzene rings is 2. The van der Waals surface area contributed by atoms with Crippen molar-refractivity contribution in [2.24, 2.45) is 0 Å². The Morgan fingerprint density at radius 2 is 2.13 bits per heavy atom. The maximum Gasteiger partial charge on any atom is 0.264 e. The van der Waals surface area contributed by atoms with E-state index in [0.29, 0.717) is 28.6 Å². The fraction of sp³-hybridized carbons (Fsp3) is 0.143. The summed E-state index contributed by atoms with van der Waals surface area (Å²) >= 11 is 6.58. The lowest BCUT2D eigenvalue weighted by atomic mass is 10.1. The molecule has 2 N–H and O–H groups in total. The molecule has 30 heavy (non-hydrogen) atoms. The van der Waals surface area contributed by atoms with Crippen LogP contribution in [0.15, 0.2) is 60.5 Å². The van der Waals surface area contributed by atoms with Crippen molar-refractivity contribution in [3.63, 3.8) is 0 Å². The molecule has 7 nitrogen and oxygen atoms in total. The summed E-state index contributed by atoms with van der Waals surface area (Å²) in [5.74, 6) is 1.15. The number of rotatable bonds is 8. The highest BCUT2D eigenvalue weighted by molar-refractivity contribution is 7.71. The lowest BCUT2D eigenvalue weighted by molar-refractivity contribution is -0.118. The van der Waals surface area contributed by atoms with Gasteiger partial charge in [0.05, 0.1) is 12.1 Å². The van der Waals surface area contributed by atoms with E-state index in [-0.39, 0.29) is 12.5 Å². The number of nitrogens with zero attached hydrogens (tertiary/aromatic N) is 3. The molecule has 0 saturated carbocycles. The second kappa shape index (κ2) is 9.02. The molecule has 0 aliphatic heterocycles. The van der Waals surface area contributed by atoms with Crippen molar-refractivity contribution in [1.29, 1.82) is 0 Å². The number of ether oxygens (including phenoxy) is 1. The van der Waals surface area contributed by atoms with Gasteiger partial charge in [-0.15, -0.1) is 17.9 Å². The molecule has 152 valence electrons. The number of anilines is 1. The average molecular weight is 438 g/mol. The van der Waals surface area contributed by atoms with Gasteiger partial charge in [0.2, 0.25) is 0 Å². The quantitative estimate of drug-likeness (QED) is 0.316. The third kappa shape index (κ3) is 4.64. The highest BCUT2D eigenvalue weighted by atomic mass is 32.1. The number of aromatic amines is 1. The first kappa shape index (κ1) is 20.0. The molecule has 4 rings (SSSR count). The Kier molecular flexibility index (Phi) is 6.01. The topological polar surface area (TPSA) is 84.8 Å². The molecule has 0 aliphatic rings. The number of allylic oxidation sites excluding steroid dienone is 1. The fourth-order valence-corrected chi connectivity index (χ4v) is 3.92. The maximum absolute atomic E-state index is 12.2. The molecule has 4 aromatic rings. The minimum absolute atomic E-state index is 0.0920. The van der Waals surface area contributed by atoms with Crippen molar-refractivity contribution >= 4 is 45.4 Å². The minimum Gasteiger partial charge on any atom is -0.484 e. The van der Waals surface area contributed by atoms with Crippen LogP contribution in [0.2, 0.25) is 0 Å². The van der Waals surface area contributed by atoms with Crippen molar-refractivity contribution in [2.75, 3.05) is 11.9 Å². The average Bonchev–Trinajstić information content (AvgIpc) is 3.34. The molecule has 2 heterocycles. The molecule has 0 unspecified atom stereocenters. The molecule has 2 aromatic carbocycles. The molecule has 0 spiro atoms. The Hall–Kier alpha value is -3.30. The number of fused-ring (bicyclic) bond motifs is 1. The number of hydrogen-bond acceptors (Lipinski definition) is 6. The van der Waals surface area contributed by atoms with E-state index in [1.807, 2.05) is 52.4 Å². The van der Waals surface area contributed by atoms with Gasteiger partial charge in [-0.25, -0.2) is 4.98 Å². The van der Waals surface area contributed by atoms with E-state index in [2.05, 4.69) is 27.1 Å². The molecule has 0 atom stereocenters. The minimum atomic E-state index is -0.265. The van der Waals surface area contributed by atoms with Crippen molar-refractivity contribution in [2.45, 2.75) is 13.0 Å². The summed E-state index contributed by atoms with van der Waals surface area (Å²) in [5.41, 5.74) is 0.796. The standard InChI is InChI=1S/C21H19N5O2S2/c1-2-9-26-18(24-25-21(26)29)11-16-13-30-20(22-16)23-19(27)12-28-17-8-7-14-5-3-4-6-15(14)10-17/h2-8,10,13H,1,9,11-12H2,(H,25,29)(H,22,23,27). The number of hydrogen-bond donors (Lipinski definition) is 2. The Morgan fingerprint density at radius 3 is 2.97 bits per heavy atom. The molecular weight excluding hydrogens is 418 g/mol. The van der Waals surface area contributed by atoms with E-state index in [1.54, 1.807) is 6.08 Å². The molecule has 0 fully saturated rings. The first-order valence-electron chi connectivity index (χ1n) is 9.23. The van der Waals surface area contributed by atoms with E-state index in [1.165, 1.54) is 11.3 Å². The Labute approximate surface area is 182 Å². The monoisotopic (exact) mass is 437 g/mol. The molecule has 0 aliphatic carbocycles. The van der Waals surface area contributed by atoms with Crippen LogP contribution in [0.1, 0.15) is 11.5 Å². The van der Waals surface area contributed by atoms with Gasteiger partial charge in [-0.05, 0) is 35.1 Å². The summed E-state index contributed by atoms with van der Waals surface area (Å²) in [6.45, 7) is 4.22. The van der Waals surface area contributed by atoms with E-state index in [9.17, 15) is 4.79 Å². The predicted octanol–water partition coefficient (Wildman–Crippen LogP) is 4.34. The number of nitrogens with one attached hydrogen (secondary N) is 2. The summed E-state index contributed by atoms with van der Waals surface area (Å²) in [6, 6.07) is 13.7. The Balaban J connectivity index is 1.34. The largest absolute Gasteiger partial charge is 0.484 e. The summed E-state index contributed by atoms with van der Waals surface area (Å²) in [5, 5.41) is 14.4. The number of H-pyrrole nitrogens is 1. The number of thiazole rings is 1. The predicted molar refractivity (Wildman–Crippen MR) is 121 cm³/mol. The van der Waals surface area contributed by atoms with Crippen LogP contribution in [0.5, 0.6) is 5.75 Å². The number of amides is 1. The fourth-order valence-electron chi connectivity index (χ4n) is 2.97. The first-order valence-corrected chi connectivity index (χ1v) is 10.5. The molecular formula is C21H19N5O2S2. The van der Waals surface area contributed by atoms with E-state index in [0.717, 1.165) is 22.3 Å². The lowest BCUT2D eigenvalue weighted by Gasteiger charge is -2.07. The zero-order valence-corrected chi connectivity index (χ0v) is 17.6. The zero-order chi connectivity index (χ0) is 20.9. The van der Waals surface area contributed by atoms with Crippen LogP contribution in [0.4, 0.5) is 5.13 Å². The summed E-state index contributed by atoms with van der Waals surface area (Å²) in [7, 11) is 0. The lowest BCUT2D eigenvalue weighted by Crippen LogP contribution is -2.20. The van der Waals surface area contributed by atoms with Gasteiger partial charge < -0.3 is 4.74 Å². The van der Waals surface area contributed by atoms with Crippen molar-refractivity contribution < 1.29 is 9.53 Å². The summed E-state index contributed by atoms with van der Waals surface area (Å²) in [6.07, 6.45) is 2.26. The van der Waals surface area contributed by atoms with Crippen LogP contribution >= 0.6 is 23.6 Å². The van der Waals surface area contributed by atoms with E-state index < -0.39 is 0 Å². The van der Waals surface area contributed by atoms with Crippen molar-refractivity contribution in [3.05, 3.63) is 76.8 Å². The zero-order valence-electron chi connectivity index (χ0n) is 16.0. The molecule has 9 heteroatoms. The molecule has 0 radical (unpaired) electrons. The van der Waals surface area contributed by atoms with Gasteiger partial charge in [0.1, 0.15) is 11.6 Å². The second-order valence-electron chi connectivity index (χ2n) is 6.51. The maximum atomic E-state index is 12.2. The number of carbonyl (C=O) groups excluding carboxylic acids is 1. The smallest absolute Gasteiger partial charge is 0.264 e. The van der Waals surface area contributed by atoms with Crippen LogP contribution in [0.25, 0.3) is 10.8 Å². The normalized spacial score (nSPS) is 10.8.